The maximum atomic E-state index is 12.4. The predicted molar refractivity (Wildman–Crippen MR) is 82.6 cm³/mol. The zero-order valence-electron chi connectivity index (χ0n) is 12.9. The molecule has 2 amide bonds. The molecule has 0 spiro atoms. The van der Waals surface area contributed by atoms with Crippen molar-refractivity contribution >= 4 is 12.0 Å². The molecule has 1 aromatic carbocycles. The highest BCUT2D eigenvalue weighted by molar-refractivity contribution is 5.85. The second-order valence-corrected chi connectivity index (χ2v) is 5.04. The first-order valence-corrected chi connectivity index (χ1v) is 7.32. The van der Waals surface area contributed by atoms with Crippen LogP contribution in [0.2, 0.25) is 0 Å². The van der Waals surface area contributed by atoms with Gasteiger partial charge in [0, 0.05) is 12.3 Å². The summed E-state index contributed by atoms with van der Waals surface area (Å²) in [4.78, 5) is 24.0. The van der Waals surface area contributed by atoms with Gasteiger partial charge in [-0.25, -0.2) is 4.79 Å². The normalized spacial score (nSPS) is 20.6. The van der Waals surface area contributed by atoms with Crippen molar-refractivity contribution in [1.82, 2.24) is 10.6 Å². The Kier molecular flexibility index (Phi) is 5.59. The quantitative estimate of drug-likeness (QED) is 0.544. The summed E-state index contributed by atoms with van der Waals surface area (Å²) in [6.45, 7) is 6.56. The summed E-state index contributed by atoms with van der Waals surface area (Å²) in [5, 5.41) is 14.8. The Hall–Kier alpha value is -2.54. The first-order valence-electron chi connectivity index (χ1n) is 7.32. The smallest absolute Gasteiger partial charge is 0.319 e. The fourth-order valence-corrected chi connectivity index (χ4v) is 2.39. The Morgan fingerprint density at radius 1 is 1.39 bits per heavy atom. The fourth-order valence-electron chi connectivity index (χ4n) is 2.39. The number of phenolic OH excluding ortho intramolecular Hbond substituents is 1. The molecular weight excluding hydrogens is 300 g/mol. The van der Waals surface area contributed by atoms with E-state index in [9.17, 15) is 14.7 Å². The van der Waals surface area contributed by atoms with Crippen LogP contribution in [-0.4, -0.2) is 36.9 Å². The Balaban J connectivity index is 2.16. The molecule has 124 valence electrons. The van der Waals surface area contributed by atoms with E-state index >= 15 is 0 Å². The topological polar surface area (TPSA) is 96.9 Å². The lowest BCUT2D eigenvalue weighted by atomic mass is 9.89. The van der Waals surface area contributed by atoms with Crippen LogP contribution in [0.4, 0.5) is 4.79 Å². The fraction of sp³-hybridized carbons (Fsp3) is 0.375. The number of phenols is 1. The minimum atomic E-state index is -0.795. The highest BCUT2D eigenvalue weighted by atomic mass is 16.6. The Bertz CT molecular complexity index is 602. The highest BCUT2D eigenvalue weighted by Gasteiger charge is 2.38. The van der Waals surface area contributed by atoms with Crippen molar-refractivity contribution in [2.24, 2.45) is 5.92 Å². The van der Waals surface area contributed by atoms with Gasteiger partial charge in [-0.3, -0.25) is 4.79 Å². The van der Waals surface area contributed by atoms with Gasteiger partial charge >= 0.3 is 12.0 Å². The summed E-state index contributed by atoms with van der Waals surface area (Å²) < 4.78 is 10.3. The van der Waals surface area contributed by atoms with Crippen molar-refractivity contribution in [3.63, 3.8) is 0 Å². The van der Waals surface area contributed by atoms with Crippen molar-refractivity contribution in [3.05, 3.63) is 42.1 Å². The van der Waals surface area contributed by atoms with E-state index in [1.807, 2.05) is 6.92 Å². The largest absolute Gasteiger partial charge is 0.508 e. The molecule has 2 atom stereocenters. The van der Waals surface area contributed by atoms with Gasteiger partial charge in [0.25, 0.3) is 0 Å². The minimum absolute atomic E-state index is 0.0457. The van der Waals surface area contributed by atoms with Crippen LogP contribution in [-0.2, 0) is 14.3 Å². The molecule has 1 aromatic rings. The lowest BCUT2D eigenvalue weighted by molar-refractivity contribution is -0.150. The zero-order valence-corrected chi connectivity index (χ0v) is 12.9. The van der Waals surface area contributed by atoms with Crippen LogP contribution in [0, 0.1) is 5.92 Å². The van der Waals surface area contributed by atoms with Crippen molar-refractivity contribution in [2.75, 3.05) is 19.8 Å². The Morgan fingerprint density at radius 2 is 2.17 bits per heavy atom. The average molecular weight is 320 g/mol. The number of nitrogens with one attached hydrogen (secondary N) is 2. The van der Waals surface area contributed by atoms with Crippen LogP contribution in [0.15, 0.2) is 36.5 Å². The van der Waals surface area contributed by atoms with E-state index in [0.29, 0.717) is 18.8 Å². The molecule has 23 heavy (non-hydrogen) atoms. The van der Waals surface area contributed by atoms with Gasteiger partial charge in [0.15, 0.2) is 0 Å². The van der Waals surface area contributed by atoms with Gasteiger partial charge in [0.1, 0.15) is 18.3 Å². The van der Waals surface area contributed by atoms with E-state index in [2.05, 4.69) is 17.2 Å². The van der Waals surface area contributed by atoms with Gasteiger partial charge in [0.05, 0.1) is 12.6 Å². The number of carbonyl (C=O) groups excluding carboxylic acids is 2. The summed E-state index contributed by atoms with van der Waals surface area (Å²) in [6.07, 6.45) is 0. The van der Waals surface area contributed by atoms with Crippen molar-refractivity contribution in [3.8, 4) is 5.75 Å². The number of benzene rings is 1. The van der Waals surface area contributed by atoms with Crippen LogP contribution < -0.4 is 10.6 Å². The molecule has 2 rings (SSSR count). The van der Waals surface area contributed by atoms with Gasteiger partial charge < -0.3 is 25.2 Å². The first-order chi connectivity index (χ1) is 11.0. The molecule has 7 nitrogen and oxygen atoms in total. The van der Waals surface area contributed by atoms with Crippen LogP contribution in [0.1, 0.15) is 18.5 Å². The third-order valence-corrected chi connectivity index (χ3v) is 3.43. The molecule has 1 aliphatic heterocycles. The van der Waals surface area contributed by atoms with E-state index in [0.717, 1.165) is 0 Å². The third kappa shape index (κ3) is 4.23. The van der Waals surface area contributed by atoms with E-state index < -0.39 is 24.0 Å². The third-order valence-electron chi connectivity index (χ3n) is 3.43. The Morgan fingerprint density at radius 3 is 2.87 bits per heavy atom. The molecule has 1 saturated heterocycles. The SMILES string of the molecule is C=C1NC(=O)N[C@H](c2cccc(O)c2)[C@@H]1C(=O)OCCOCC. The summed E-state index contributed by atoms with van der Waals surface area (Å²) in [7, 11) is 0. The molecule has 1 aliphatic rings. The second kappa shape index (κ2) is 7.64. The second-order valence-electron chi connectivity index (χ2n) is 5.04. The molecular formula is C16H20N2O5. The minimum Gasteiger partial charge on any atom is -0.508 e. The number of hydrogen-bond donors (Lipinski definition) is 3. The first kappa shape index (κ1) is 16.8. The maximum absolute atomic E-state index is 12.4. The van der Waals surface area contributed by atoms with Crippen LogP contribution in [0.5, 0.6) is 5.75 Å². The molecule has 0 saturated carbocycles. The number of amides is 2. The molecule has 0 aromatic heterocycles. The predicted octanol–water partition coefficient (Wildman–Crippen LogP) is 1.46. The van der Waals surface area contributed by atoms with Crippen molar-refractivity contribution < 1.29 is 24.2 Å². The summed E-state index contributed by atoms with van der Waals surface area (Å²) >= 11 is 0. The number of esters is 1. The lowest BCUT2D eigenvalue weighted by Crippen LogP contribution is -2.51. The Labute approximate surface area is 134 Å². The molecule has 3 N–H and O–H groups in total. The maximum Gasteiger partial charge on any atom is 0.319 e. The molecule has 0 aliphatic carbocycles. The number of carbonyl (C=O) groups is 2. The van der Waals surface area contributed by atoms with E-state index in [1.165, 1.54) is 12.1 Å². The number of aromatic hydroxyl groups is 1. The van der Waals surface area contributed by atoms with E-state index in [4.69, 9.17) is 9.47 Å². The summed E-state index contributed by atoms with van der Waals surface area (Å²) in [5.41, 5.74) is 0.844. The molecule has 0 unspecified atom stereocenters. The van der Waals surface area contributed by atoms with E-state index in [1.54, 1.807) is 12.1 Å². The van der Waals surface area contributed by atoms with E-state index in [-0.39, 0.29) is 18.1 Å². The van der Waals surface area contributed by atoms with Crippen molar-refractivity contribution in [1.29, 1.82) is 0 Å². The molecule has 7 heteroatoms. The average Bonchev–Trinajstić information content (AvgIpc) is 2.50. The molecule has 1 fully saturated rings. The number of hydrogen-bond acceptors (Lipinski definition) is 5. The lowest BCUT2D eigenvalue weighted by Gasteiger charge is -2.33. The van der Waals surface area contributed by atoms with Crippen LogP contribution in [0.25, 0.3) is 0 Å². The highest BCUT2D eigenvalue weighted by Crippen LogP contribution is 2.31. The molecule has 1 heterocycles. The summed E-state index contributed by atoms with van der Waals surface area (Å²) in [5.74, 6) is -1.27. The van der Waals surface area contributed by atoms with Crippen LogP contribution >= 0.6 is 0 Å². The number of urea groups is 1. The van der Waals surface area contributed by atoms with Gasteiger partial charge in [-0.15, -0.1) is 0 Å². The van der Waals surface area contributed by atoms with Gasteiger partial charge in [-0.2, -0.15) is 0 Å². The standard InChI is InChI=1S/C16H20N2O5/c1-3-22-7-8-23-15(20)13-10(2)17-16(21)18-14(13)11-5-4-6-12(19)9-11/h4-6,9,13-14,19H,2-3,7-8H2,1H3,(H2,17,18,21)/t13-,14-/m1/s1. The van der Waals surface area contributed by atoms with Gasteiger partial charge in [-0.05, 0) is 24.6 Å². The molecule has 0 radical (unpaired) electrons. The molecule has 0 bridgehead atoms. The van der Waals surface area contributed by atoms with Gasteiger partial charge in [0.2, 0.25) is 0 Å². The monoisotopic (exact) mass is 320 g/mol. The zero-order chi connectivity index (χ0) is 16.8. The van der Waals surface area contributed by atoms with Gasteiger partial charge in [-0.1, -0.05) is 18.7 Å². The van der Waals surface area contributed by atoms with Crippen LogP contribution in [0.3, 0.4) is 0 Å². The summed E-state index contributed by atoms with van der Waals surface area (Å²) in [6, 6.07) is 5.23. The van der Waals surface area contributed by atoms with Crippen molar-refractivity contribution in [2.45, 2.75) is 13.0 Å². The number of ether oxygens (including phenoxy) is 2. The number of rotatable bonds is 6.